The van der Waals surface area contributed by atoms with Gasteiger partial charge in [-0.3, -0.25) is 14.5 Å². The van der Waals surface area contributed by atoms with Crippen LogP contribution in [0.1, 0.15) is 28.3 Å². The molecule has 0 radical (unpaired) electrons. The predicted octanol–water partition coefficient (Wildman–Crippen LogP) is 4.88. The summed E-state index contributed by atoms with van der Waals surface area (Å²) in [5, 5.41) is 11.4. The van der Waals surface area contributed by atoms with Gasteiger partial charge in [-0.2, -0.15) is 0 Å². The van der Waals surface area contributed by atoms with Crippen molar-refractivity contribution in [2.24, 2.45) is 0 Å². The molecule has 0 bridgehead atoms. The summed E-state index contributed by atoms with van der Waals surface area (Å²) in [5.74, 6) is -1.24. The number of ketones is 1. The number of nitrogens with zero attached hydrogens (tertiary/aromatic N) is 3. The van der Waals surface area contributed by atoms with Gasteiger partial charge in [-0.05, 0) is 66.9 Å². The Kier molecular flexibility index (Phi) is 5.95. The number of nitrogens with one attached hydrogen (secondary N) is 1. The molecule has 1 unspecified atom stereocenters. The van der Waals surface area contributed by atoms with Crippen LogP contribution in [0, 0.1) is 13.8 Å². The first-order valence-corrected chi connectivity index (χ1v) is 11.9. The molecule has 3 aromatic carbocycles. The quantitative estimate of drug-likeness (QED) is 0.232. The van der Waals surface area contributed by atoms with Gasteiger partial charge in [-0.15, -0.1) is 0 Å². The first-order chi connectivity index (χ1) is 17.7. The van der Waals surface area contributed by atoms with Crippen LogP contribution in [-0.4, -0.2) is 48.0 Å². The highest BCUT2D eigenvalue weighted by molar-refractivity contribution is 6.51. The highest BCUT2D eigenvalue weighted by atomic mass is 16.5. The second-order valence-corrected chi connectivity index (χ2v) is 9.37. The molecule has 1 aliphatic heterocycles. The van der Waals surface area contributed by atoms with E-state index in [0.717, 1.165) is 22.3 Å². The summed E-state index contributed by atoms with van der Waals surface area (Å²) in [4.78, 5) is 38.2. The molecule has 0 saturated carbocycles. The van der Waals surface area contributed by atoms with Crippen LogP contribution in [0.2, 0.25) is 0 Å². The Morgan fingerprint density at radius 3 is 2.38 bits per heavy atom. The van der Waals surface area contributed by atoms with Gasteiger partial charge in [-0.1, -0.05) is 24.3 Å². The van der Waals surface area contributed by atoms with E-state index in [1.807, 2.05) is 69.2 Å². The molecule has 1 saturated heterocycles. The number of hydrogen-bond acceptors (Lipinski definition) is 6. The smallest absolute Gasteiger partial charge is 0.302 e. The monoisotopic (exact) mass is 496 g/mol. The number of rotatable bonds is 5. The molecule has 8 nitrogen and oxygen atoms in total. The number of aryl methyl sites for hydroxylation is 2. The Morgan fingerprint density at radius 2 is 1.70 bits per heavy atom. The number of Topliss-reactive ketones (excluding diaryl/α,β-unsaturated/α-hetero) is 1. The Labute approximate surface area is 214 Å². The molecule has 1 amide bonds. The van der Waals surface area contributed by atoms with E-state index in [9.17, 15) is 14.7 Å². The standard InChI is InChI=1S/C29H28N4O4/c1-16-14-21-22(15-17(16)2)31-29(30-21)33-25(18-10-12-19(13-11-18)32(3)4)24(27(35)28(33)36)26(34)20-8-6-7-9-23(20)37-5/h6-15,25,34H,1-5H3,(H,30,31)/b26-24+. The van der Waals surface area contributed by atoms with Crippen LogP contribution in [0.5, 0.6) is 5.75 Å². The molecule has 0 aliphatic carbocycles. The van der Waals surface area contributed by atoms with E-state index >= 15 is 0 Å². The van der Waals surface area contributed by atoms with Gasteiger partial charge in [0.1, 0.15) is 11.5 Å². The van der Waals surface area contributed by atoms with E-state index in [1.54, 1.807) is 24.3 Å². The molecule has 1 atom stereocenters. The number of imidazole rings is 1. The summed E-state index contributed by atoms with van der Waals surface area (Å²) < 4.78 is 5.42. The SMILES string of the molecule is COc1ccccc1/C(O)=C1\C(=O)C(=O)N(c2nc3cc(C)c(C)cc3[nH]2)C1c1ccc(N(C)C)cc1. The summed E-state index contributed by atoms with van der Waals surface area (Å²) in [5.41, 5.74) is 5.51. The van der Waals surface area contributed by atoms with Crippen molar-refractivity contribution < 1.29 is 19.4 Å². The third kappa shape index (κ3) is 4.00. The maximum Gasteiger partial charge on any atom is 0.302 e. The van der Waals surface area contributed by atoms with Crippen LogP contribution in [-0.2, 0) is 9.59 Å². The van der Waals surface area contributed by atoms with Crippen LogP contribution >= 0.6 is 0 Å². The van der Waals surface area contributed by atoms with Crippen molar-refractivity contribution >= 4 is 40.1 Å². The Bertz CT molecular complexity index is 1530. The molecule has 1 aliphatic rings. The van der Waals surface area contributed by atoms with Crippen molar-refractivity contribution in [2.75, 3.05) is 31.0 Å². The van der Waals surface area contributed by atoms with Crippen molar-refractivity contribution in [3.05, 3.63) is 88.5 Å². The number of aliphatic hydroxyl groups is 1. The van der Waals surface area contributed by atoms with Crippen LogP contribution in [0.4, 0.5) is 11.6 Å². The van der Waals surface area contributed by atoms with E-state index in [4.69, 9.17) is 4.74 Å². The summed E-state index contributed by atoms with van der Waals surface area (Å²) in [6.07, 6.45) is 0. The summed E-state index contributed by atoms with van der Waals surface area (Å²) in [6.45, 7) is 4.00. The van der Waals surface area contributed by atoms with Gasteiger partial charge in [0.15, 0.2) is 0 Å². The number of fused-ring (bicyclic) bond motifs is 1. The van der Waals surface area contributed by atoms with Crippen LogP contribution in [0.15, 0.2) is 66.2 Å². The third-order valence-corrected chi connectivity index (χ3v) is 6.84. The number of methoxy groups -OCH3 is 1. The number of ether oxygens (including phenoxy) is 1. The molecule has 188 valence electrons. The lowest BCUT2D eigenvalue weighted by molar-refractivity contribution is -0.132. The number of anilines is 2. The van der Waals surface area contributed by atoms with Crippen LogP contribution in [0.3, 0.4) is 0 Å². The fourth-order valence-corrected chi connectivity index (χ4v) is 4.68. The normalized spacial score (nSPS) is 17.0. The summed E-state index contributed by atoms with van der Waals surface area (Å²) in [6, 6.07) is 17.4. The average Bonchev–Trinajstić information content (AvgIpc) is 3.41. The number of aromatic amines is 1. The zero-order valence-electron chi connectivity index (χ0n) is 21.4. The second-order valence-electron chi connectivity index (χ2n) is 9.37. The van der Waals surface area contributed by atoms with Crippen LogP contribution in [0.25, 0.3) is 16.8 Å². The second kappa shape index (κ2) is 9.13. The first-order valence-electron chi connectivity index (χ1n) is 11.9. The van der Waals surface area contributed by atoms with E-state index in [0.29, 0.717) is 22.4 Å². The number of para-hydroxylation sites is 1. The molecule has 2 heterocycles. The van der Waals surface area contributed by atoms with Gasteiger partial charge in [0, 0.05) is 19.8 Å². The molecular formula is C29H28N4O4. The van der Waals surface area contributed by atoms with Crippen molar-refractivity contribution in [3.63, 3.8) is 0 Å². The molecule has 2 N–H and O–H groups in total. The van der Waals surface area contributed by atoms with E-state index in [-0.39, 0.29) is 17.3 Å². The maximum atomic E-state index is 13.5. The van der Waals surface area contributed by atoms with Crippen LogP contribution < -0.4 is 14.5 Å². The molecule has 8 heteroatoms. The van der Waals surface area contributed by atoms with Crippen molar-refractivity contribution in [3.8, 4) is 5.75 Å². The summed E-state index contributed by atoms with van der Waals surface area (Å²) in [7, 11) is 5.35. The molecule has 37 heavy (non-hydrogen) atoms. The van der Waals surface area contributed by atoms with E-state index in [1.165, 1.54) is 12.0 Å². The number of carbonyl (C=O) groups excluding carboxylic acids is 2. The minimum absolute atomic E-state index is 0.0279. The number of aromatic nitrogens is 2. The lowest BCUT2D eigenvalue weighted by atomic mass is 9.95. The fraction of sp³-hybridized carbons (Fsp3) is 0.207. The Balaban J connectivity index is 1.74. The molecule has 1 aromatic heterocycles. The van der Waals surface area contributed by atoms with Crippen molar-refractivity contribution in [1.82, 2.24) is 9.97 Å². The average molecular weight is 497 g/mol. The van der Waals surface area contributed by atoms with Gasteiger partial charge in [0.2, 0.25) is 5.95 Å². The molecule has 1 fully saturated rings. The molecule has 0 spiro atoms. The van der Waals surface area contributed by atoms with E-state index in [2.05, 4.69) is 9.97 Å². The third-order valence-electron chi connectivity index (χ3n) is 6.84. The number of hydrogen-bond donors (Lipinski definition) is 2. The highest BCUT2D eigenvalue weighted by Crippen LogP contribution is 2.43. The van der Waals surface area contributed by atoms with Gasteiger partial charge < -0.3 is 19.7 Å². The van der Waals surface area contributed by atoms with Gasteiger partial charge in [-0.25, -0.2) is 4.98 Å². The molecule has 5 rings (SSSR count). The fourth-order valence-electron chi connectivity index (χ4n) is 4.68. The zero-order chi connectivity index (χ0) is 26.4. The Hall–Kier alpha value is -4.59. The van der Waals surface area contributed by atoms with Crippen molar-refractivity contribution in [1.29, 1.82) is 0 Å². The largest absolute Gasteiger partial charge is 0.507 e. The zero-order valence-corrected chi connectivity index (χ0v) is 21.4. The van der Waals surface area contributed by atoms with Gasteiger partial charge in [0.25, 0.3) is 5.78 Å². The number of aliphatic hydroxyl groups excluding tert-OH is 1. The number of H-pyrrole nitrogens is 1. The van der Waals surface area contributed by atoms with Gasteiger partial charge in [0.05, 0.1) is 35.3 Å². The number of carbonyl (C=O) groups is 2. The summed E-state index contributed by atoms with van der Waals surface area (Å²) >= 11 is 0. The van der Waals surface area contributed by atoms with Crippen molar-refractivity contribution in [2.45, 2.75) is 19.9 Å². The predicted molar refractivity (Wildman–Crippen MR) is 144 cm³/mol. The first kappa shape index (κ1) is 24.1. The minimum Gasteiger partial charge on any atom is -0.507 e. The molecule has 4 aromatic rings. The van der Waals surface area contributed by atoms with E-state index < -0.39 is 17.7 Å². The Morgan fingerprint density at radius 1 is 1.03 bits per heavy atom. The lowest BCUT2D eigenvalue weighted by Crippen LogP contribution is -2.30. The topological polar surface area (TPSA) is 98.8 Å². The number of amides is 1. The molecular weight excluding hydrogens is 468 g/mol. The highest BCUT2D eigenvalue weighted by Gasteiger charge is 2.48. The van der Waals surface area contributed by atoms with Gasteiger partial charge >= 0.3 is 5.91 Å². The number of benzene rings is 3. The lowest BCUT2D eigenvalue weighted by Gasteiger charge is -2.24. The minimum atomic E-state index is -0.899. The maximum absolute atomic E-state index is 13.5.